The van der Waals surface area contributed by atoms with Gasteiger partial charge in [0, 0.05) is 0 Å². The Kier molecular flexibility index (Phi) is 3.52. The predicted octanol–water partition coefficient (Wildman–Crippen LogP) is -1.01. The minimum Gasteiger partial charge on any atom is -0.289 e. The van der Waals surface area contributed by atoms with Crippen LogP contribution in [0.25, 0.3) is 0 Å². The van der Waals surface area contributed by atoms with Gasteiger partial charge in [-0.2, -0.15) is 0 Å². The van der Waals surface area contributed by atoms with E-state index in [4.69, 9.17) is 4.55 Å². The number of carbonyl (C=O) groups is 2. The van der Waals surface area contributed by atoms with Gasteiger partial charge in [-0.15, -0.1) is 0 Å². The second-order valence-corrected chi connectivity index (χ2v) is 1.95. The summed E-state index contributed by atoms with van der Waals surface area (Å²) in [6.45, 7) is 3.00. The van der Waals surface area contributed by atoms with Crippen molar-refractivity contribution in [3.05, 3.63) is 12.7 Å². The van der Waals surface area contributed by atoms with E-state index in [1.165, 1.54) is 4.72 Å². The van der Waals surface area contributed by atoms with Gasteiger partial charge in [-0.05, 0) is 6.08 Å². The number of amides is 1. The van der Waals surface area contributed by atoms with Gasteiger partial charge in [-0.3, -0.25) is 14.1 Å². The molecule has 0 spiro atoms. The summed E-state index contributed by atoms with van der Waals surface area (Å²) in [6, 6.07) is 0. The normalized spacial score (nSPS) is 11.7. The van der Waals surface area contributed by atoms with Crippen molar-refractivity contribution in [3.63, 3.8) is 0 Å². The van der Waals surface area contributed by atoms with Crippen molar-refractivity contribution in [3.8, 4) is 0 Å². The fraction of sp³-hybridized carbons (Fsp3) is 0. The van der Waals surface area contributed by atoms with Crippen LogP contribution >= 0.6 is 0 Å². The van der Waals surface area contributed by atoms with E-state index in [1.807, 2.05) is 0 Å². The molecule has 6 heteroatoms. The maximum atomic E-state index is 10.3. The molecular formula is C4H5NO4S. The summed E-state index contributed by atoms with van der Waals surface area (Å²) in [7, 11) is 0. The van der Waals surface area contributed by atoms with E-state index < -0.39 is 23.0 Å². The van der Waals surface area contributed by atoms with Gasteiger partial charge in [0.2, 0.25) is 5.78 Å². The van der Waals surface area contributed by atoms with Gasteiger partial charge in [0.15, 0.2) is 0 Å². The van der Waals surface area contributed by atoms with Gasteiger partial charge in [-0.25, -0.2) is 8.93 Å². The quantitative estimate of drug-likeness (QED) is 0.317. The fourth-order valence-electron chi connectivity index (χ4n) is 0.222. The van der Waals surface area contributed by atoms with Crippen molar-refractivity contribution in [1.29, 1.82) is 0 Å². The highest BCUT2D eigenvalue weighted by Crippen LogP contribution is 1.74. The molecule has 0 aliphatic rings. The first-order chi connectivity index (χ1) is 4.57. The largest absolute Gasteiger partial charge is 0.305 e. The molecule has 0 saturated carbocycles. The van der Waals surface area contributed by atoms with E-state index in [2.05, 4.69) is 6.58 Å². The zero-order chi connectivity index (χ0) is 8.15. The number of rotatable bonds is 3. The Bertz CT molecular complexity index is 199. The van der Waals surface area contributed by atoms with Crippen LogP contribution in [0.5, 0.6) is 0 Å². The molecule has 0 aromatic carbocycles. The first-order valence-corrected chi connectivity index (χ1v) is 3.27. The van der Waals surface area contributed by atoms with Crippen LogP contribution in [0.3, 0.4) is 0 Å². The van der Waals surface area contributed by atoms with Crippen LogP contribution < -0.4 is 4.72 Å². The van der Waals surface area contributed by atoms with Crippen LogP contribution in [0.4, 0.5) is 0 Å². The summed E-state index contributed by atoms with van der Waals surface area (Å²) < 4.78 is 19.3. The van der Waals surface area contributed by atoms with Crippen molar-refractivity contribution >= 4 is 23.0 Å². The summed E-state index contributed by atoms with van der Waals surface area (Å²) in [5.41, 5.74) is 0. The number of hydrogen-bond acceptors (Lipinski definition) is 3. The van der Waals surface area contributed by atoms with Gasteiger partial charge in [0.05, 0.1) is 0 Å². The molecule has 0 aliphatic heterocycles. The van der Waals surface area contributed by atoms with Crippen LogP contribution in [0.1, 0.15) is 0 Å². The molecular weight excluding hydrogens is 158 g/mol. The van der Waals surface area contributed by atoms with Gasteiger partial charge in [0.25, 0.3) is 11.3 Å². The maximum Gasteiger partial charge on any atom is 0.305 e. The van der Waals surface area contributed by atoms with E-state index >= 15 is 0 Å². The Hall–Kier alpha value is -1.01. The van der Waals surface area contributed by atoms with E-state index in [9.17, 15) is 13.8 Å². The zero-order valence-electron chi connectivity index (χ0n) is 4.86. The van der Waals surface area contributed by atoms with Crippen molar-refractivity contribution in [2.75, 3.05) is 0 Å². The molecule has 0 radical (unpaired) electrons. The van der Waals surface area contributed by atoms with Crippen molar-refractivity contribution in [2.45, 2.75) is 0 Å². The summed E-state index contributed by atoms with van der Waals surface area (Å²) in [5.74, 6) is -2.08. The Morgan fingerprint density at radius 3 is 2.40 bits per heavy atom. The molecule has 0 aliphatic carbocycles. The molecule has 56 valence electrons. The molecule has 2 N–H and O–H groups in total. The van der Waals surface area contributed by atoms with Crippen molar-refractivity contribution < 1.29 is 18.4 Å². The Labute approximate surface area is 59.5 Å². The lowest BCUT2D eigenvalue weighted by Gasteiger charge is -1.92. The number of hydrogen-bond donors (Lipinski definition) is 2. The molecule has 10 heavy (non-hydrogen) atoms. The second kappa shape index (κ2) is 3.91. The number of ketones is 1. The third-order valence-corrected chi connectivity index (χ3v) is 0.949. The van der Waals surface area contributed by atoms with Crippen LogP contribution in [0, 0.1) is 0 Å². The minimum absolute atomic E-state index is 0.752. The molecule has 0 saturated heterocycles. The number of carbonyl (C=O) groups excluding carboxylic acids is 2. The van der Waals surface area contributed by atoms with E-state index in [1.54, 1.807) is 0 Å². The standard InChI is InChI=1S/C4H5NO4S/c1-2-3(6)4(7)5-10(8)9/h2H,1H2,(H,5,7)(H,8,9). The lowest BCUT2D eigenvalue weighted by molar-refractivity contribution is -0.134. The average Bonchev–Trinajstić information content (AvgIpc) is 1.85. The van der Waals surface area contributed by atoms with Crippen LogP contribution in [-0.2, 0) is 20.9 Å². The fourth-order valence-corrected chi connectivity index (χ4v) is 0.481. The van der Waals surface area contributed by atoms with Crippen LogP contribution in [-0.4, -0.2) is 20.5 Å². The van der Waals surface area contributed by atoms with Crippen molar-refractivity contribution in [1.82, 2.24) is 4.72 Å². The van der Waals surface area contributed by atoms with E-state index in [0.717, 1.165) is 6.08 Å². The average molecular weight is 163 g/mol. The molecule has 1 unspecified atom stereocenters. The molecule has 1 amide bonds. The first kappa shape index (κ1) is 8.99. The maximum absolute atomic E-state index is 10.3. The monoisotopic (exact) mass is 163 g/mol. The number of nitrogens with one attached hydrogen (secondary N) is 1. The molecule has 5 nitrogen and oxygen atoms in total. The summed E-state index contributed by atoms with van der Waals surface area (Å²) >= 11 is -2.49. The molecule has 0 aromatic heterocycles. The molecule has 0 bridgehead atoms. The molecule has 0 aromatic rings. The second-order valence-electron chi connectivity index (χ2n) is 1.25. The Balaban J connectivity index is 3.98. The SMILES string of the molecule is C=CC(=O)C(=O)NS(=O)O. The lowest BCUT2D eigenvalue weighted by Crippen LogP contribution is -2.30. The third kappa shape index (κ3) is 3.10. The topological polar surface area (TPSA) is 83.5 Å². The van der Waals surface area contributed by atoms with Crippen LogP contribution in [0.2, 0.25) is 0 Å². The van der Waals surface area contributed by atoms with Gasteiger partial charge >= 0.3 is 5.91 Å². The van der Waals surface area contributed by atoms with Crippen molar-refractivity contribution in [2.24, 2.45) is 0 Å². The third-order valence-electron chi connectivity index (χ3n) is 0.589. The minimum atomic E-state index is -2.49. The Morgan fingerprint density at radius 1 is 1.60 bits per heavy atom. The van der Waals surface area contributed by atoms with Gasteiger partial charge < -0.3 is 0 Å². The summed E-state index contributed by atoms with van der Waals surface area (Å²) in [4.78, 5) is 20.6. The molecule has 0 heterocycles. The zero-order valence-corrected chi connectivity index (χ0v) is 5.68. The summed E-state index contributed by atoms with van der Waals surface area (Å²) in [5, 5.41) is 0. The van der Waals surface area contributed by atoms with Crippen LogP contribution in [0.15, 0.2) is 12.7 Å². The Morgan fingerprint density at radius 2 is 2.10 bits per heavy atom. The van der Waals surface area contributed by atoms with E-state index in [0.29, 0.717) is 0 Å². The predicted molar refractivity (Wildman–Crippen MR) is 34.1 cm³/mol. The molecule has 0 fully saturated rings. The van der Waals surface area contributed by atoms with Gasteiger partial charge in [0.1, 0.15) is 0 Å². The van der Waals surface area contributed by atoms with E-state index in [-0.39, 0.29) is 0 Å². The highest BCUT2D eigenvalue weighted by molar-refractivity contribution is 7.77. The smallest absolute Gasteiger partial charge is 0.289 e. The highest BCUT2D eigenvalue weighted by atomic mass is 32.2. The highest BCUT2D eigenvalue weighted by Gasteiger charge is 2.09. The molecule has 1 atom stereocenters. The molecule has 0 rings (SSSR count). The summed E-state index contributed by atoms with van der Waals surface area (Å²) in [6.07, 6.45) is 0.752. The van der Waals surface area contributed by atoms with Gasteiger partial charge in [-0.1, -0.05) is 6.58 Å². The lowest BCUT2D eigenvalue weighted by atomic mass is 10.4. The first-order valence-electron chi connectivity index (χ1n) is 2.16.